The Balaban J connectivity index is 1.28. The molecule has 13 nitrogen and oxygen atoms in total. The first-order valence-corrected chi connectivity index (χ1v) is 18.8. The lowest BCUT2D eigenvalue weighted by Crippen LogP contribution is -2.53. The van der Waals surface area contributed by atoms with Crippen molar-refractivity contribution in [3.63, 3.8) is 0 Å². The fraction of sp³-hybridized carbons (Fsp3) is 0.595. The first kappa shape index (κ1) is 36.7. The van der Waals surface area contributed by atoms with E-state index in [0.717, 1.165) is 44.9 Å². The highest BCUT2D eigenvalue weighted by Gasteiger charge is 2.61. The van der Waals surface area contributed by atoms with E-state index in [0.29, 0.717) is 39.2 Å². The molecule has 0 radical (unpaired) electrons. The van der Waals surface area contributed by atoms with Gasteiger partial charge in [-0.15, -0.1) is 0 Å². The second kappa shape index (κ2) is 15.7. The Kier molecular flexibility index (Phi) is 11.3. The summed E-state index contributed by atoms with van der Waals surface area (Å²) in [5.74, 6) is -0.991. The van der Waals surface area contributed by atoms with Gasteiger partial charge in [-0.05, 0) is 93.3 Å². The van der Waals surface area contributed by atoms with E-state index in [2.05, 4.69) is 31.5 Å². The first-order chi connectivity index (χ1) is 24.5. The van der Waals surface area contributed by atoms with Crippen molar-refractivity contribution in [2.24, 2.45) is 5.92 Å². The SMILES string of the molecule is COc1ccc2c(O[C@@H]3C[C@H]4C(=O)N[C@]5(C(=O)O)C[C@@H]5/C=C\CCCC[C@H](NC(=O)OC5CCCC5)CC(=O)N4C3)cc(OC(C)C)nc2c1Br. The molecular weight excluding hydrogens is 724 g/mol. The fourth-order valence-corrected chi connectivity index (χ4v) is 8.02. The summed E-state index contributed by atoms with van der Waals surface area (Å²) < 4.78 is 24.3. The lowest BCUT2D eigenvalue weighted by molar-refractivity contribution is -0.145. The number of amides is 3. The minimum Gasteiger partial charge on any atom is -0.495 e. The van der Waals surface area contributed by atoms with Crippen molar-refractivity contribution in [3.8, 4) is 17.4 Å². The zero-order valence-corrected chi connectivity index (χ0v) is 30.9. The highest BCUT2D eigenvalue weighted by Crippen LogP contribution is 2.46. The zero-order chi connectivity index (χ0) is 36.3. The molecule has 0 unspecified atom stereocenters. The lowest BCUT2D eigenvalue weighted by Gasteiger charge is -2.27. The van der Waals surface area contributed by atoms with Crippen LogP contribution in [0.1, 0.15) is 84.5 Å². The maximum Gasteiger partial charge on any atom is 0.407 e. The van der Waals surface area contributed by atoms with E-state index in [-0.39, 0.29) is 49.8 Å². The number of carboxylic acid groups (broad SMARTS) is 1. The number of hydrogen-bond acceptors (Lipinski definition) is 9. The van der Waals surface area contributed by atoms with E-state index in [9.17, 15) is 24.3 Å². The van der Waals surface area contributed by atoms with Crippen LogP contribution >= 0.6 is 15.9 Å². The second-order valence-corrected chi connectivity index (χ2v) is 15.1. The first-order valence-electron chi connectivity index (χ1n) is 18.0. The predicted molar refractivity (Wildman–Crippen MR) is 191 cm³/mol. The quantitative estimate of drug-likeness (QED) is 0.285. The normalized spacial score (nSPS) is 27.8. The monoisotopic (exact) mass is 770 g/mol. The Morgan fingerprint density at radius 1 is 1.10 bits per heavy atom. The van der Waals surface area contributed by atoms with Gasteiger partial charge in [-0.2, -0.15) is 0 Å². The summed E-state index contributed by atoms with van der Waals surface area (Å²) in [7, 11) is 1.56. The van der Waals surface area contributed by atoms with E-state index < -0.39 is 41.7 Å². The van der Waals surface area contributed by atoms with Gasteiger partial charge in [0.15, 0.2) is 0 Å². The van der Waals surface area contributed by atoms with Gasteiger partial charge in [-0.25, -0.2) is 14.6 Å². The number of hydrogen-bond donors (Lipinski definition) is 3. The zero-order valence-electron chi connectivity index (χ0n) is 29.3. The number of alkyl carbamates (subject to hydrolysis) is 1. The van der Waals surface area contributed by atoms with E-state index in [1.807, 2.05) is 32.1 Å². The largest absolute Gasteiger partial charge is 0.495 e. The van der Waals surface area contributed by atoms with Crippen LogP contribution in [0.2, 0.25) is 0 Å². The summed E-state index contributed by atoms with van der Waals surface area (Å²) in [6, 6.07) is 3.80. The van der Waals surface area contributed by atoms with Gasteiger partial charge in [0.1, 0.15) is 35.3 Å². The van der Waals surface area contributed by atoms with Crippen molar-refractivity contribution in [2.45, 2.75) is 120 Å². The number of nitrogens with zero attached hydrogens (tertiary/aromatic N) is 2. The van der Waals surface area contributed by atoms with Crippen LogP contribution in [0.5, 0.6) is 17.4 Å². The van der Waals surface area contributed by atoms with Gasteiger partial charge in [0.2, 0.25) is 17.7 Å². The molecule has 51 heavy (non-hydrogen) atoms. The summed E-state index contributed by atoms with van der Waals surface area (Å²) in [5.41, 5.74) is -0.871. The van der Waals surface area contributed by atoms with Crippen LogP contribution in [0.4, 0.5) is 4.79 Å². The molecule has 2 aliphatic heterocycles. The van der Waals surface area contributed by atoms with Crippen molar-refractivity contribution >= 4 is 50.7 Å². The Bertz CT molecular complexity index is 1680. The number of aliphatic carboxylic acids is 1. The molecule has 0 bridgehead atoms. The maximum atomic E-state index is 14.1. The fourth-order valence-electron chi connectivity index (χ4n) is 7.42. The van der Waals surface area contributed by atoms with Crippen LogP contribution in [-0.4, -0.2) is 88.5 Å². The number of methoxy groups -OCH3 is 1. The number of carbonyl (C=O) groups is 4. The third kappa shape index (κ3) is 8.37. The number of ether oxygens (including phenoxy) is 4. The van der Waals surface area contributed by atoms with Crippen molar-refractivity contribution in [2.75, 3.05) is 13.7 Å². The summed E-state index contributed by atoms with van der Waals surface area (Å²) in [6.07, 6.45) is 9.23. The van der Waals surface area contributed by atoms with Crippen LogP contribution in [0.3, 0.4) is 0 Å². The molecule has 3 N–H and O–H groups in total. The second-order valence-electron chi connectivity index (χ2n) is 14.3. The molecule has 3 amide bonds. The number of allylic oxidation sites excluding steroid dienone is 1. The number of halogens is 1. The summed E-state index contributed by atoms with van der Waals surface area (Å²) >= 11 is 3.59. The Hall–Kier alpha value is -4.07. The van der Waals surface area contributed by atoms with Crippen LogP contribution in [0.15, 0.2) is 34.8 Å². The van der Waals surface area contributed by atoms with E-state index in [4.69, 9.17) is 18.9 Å². The van der Waals surface area contributed by atoms with Crippen LogP contribution in [-0.2, 0) is 19.1 Å². The number of rotatable bonds is 8. The molecule has 1 aromatic carbocycles. The molecule has 4 aliphatic rings. The Labute approximate surface area is 305 Å². The molecule has 2 saturated carbocycles. The van der Waals surface area contributed by atoms with E-state index >= 15 is 0 Å². The molecule has 5 atom stereocenters. The summed E-state index contributed by atoms with van der Waals surface area (Å²) in [6.45, 7) is 3.85. The molecule has 1 saturated heterocycles. The molecule has 0 spiro atoms. The molecular formula is C37H47BrN4O9. The molecule has 2 aromatic rings. The number of aromatic nitrogens is 1. The molecule has 1 aromatic heterocycles. The maximum absolute atomic E-state index is 14.1. The van der Waals surface area contributed by atoms with Crippen molar-refractivity contribution in [1.29, 1.82) is 0 Å². The highest BCUT2D eigenvalue weighted by molar-refractivity contribution is 9.10. The van der Waals surface area contributed by atoms with Crippen molar-refractivity contribution in [3.05, 3.63) is 34.8 Å². The van der Waals surface area contributed by atoms with Crippen LogP contribution in [0, 0.1) is 5.92 Å². The van der Waals surface area contributed by atoms with Gasteiger partial charge in [0, 0.05) is 36.3 Å². The van der Waals surface area contributed by atoms with Crippen molar-refractivity contribution in [1.82, 2.24) is 20.5 Å². The third-order valence-electron chi connectivity index (χ3n) is 10.2. The topological polar surface area (TPSA) is 166 Å². The van der Waals surface area contributed by atoms with Gasteiger partial charge in [-0.1, -0.05) is 18.6 Å². The minimum atomic E-state index is -1.43. The number of carbonyl (C=O) groups excluding carboxylic acids is 3. The average Bonchev–Trinajstić information content (AvgIpc) is 3.35. The van der Waals surface area contributed by atoms with E-state index in [1.54, 1.807) is 19.2 Å². The van der Waals surface area contributed by atoms with Gasteiger partial charge < -0.3 is 39.6 Å². The van der Waals surface area contributed by atoms with Gasteiger partial charge >= 0.3 is 12.1 Å². The lowest BCUT2D eigenvalue weighted by atomic mass is 10.0. The molecule has 14 heteroatoms. The average molecular weight is 772 g/mol. The minimum absolute atomic E-state index is 0.0455. The summed E-state index contributed by atoms with van der Waals surface area (Å²) in [4.78, 5) is 59.6. The van der Waals surface area contributed by atoms with Gasteiger partial charge in [0.05, 0.1) is 29.7 Å². The van der Waals surface area contributed by atoms with Crippen LogP contribution in [0.25, 0.3) is 10.9 Å². The molecule has 2 aliphatic carbocycles. The predicted octanol–water partition coefficient (Wildman–Crippen LogP) is 5.66. The van der Waals surface area contributed by atoms with Gasteiger partial charge in [-0.3, -0.25) is 9.59 Å². The number of carboxylic acids is 1. The van der Waals surface area contributed by atoms with Gasteiger partial charge in [0.25, 0.3) is 0 Å². The Morgan fingerprint density at radius 2 is 1.86 bits per heavy atom. The molecule has 6 rings (SSSR count). The van der Waals surface area contributed by atoms with Crippen molar-refractivity contribution < 1.29 is 43.2 Å². The summed E-state index contributed by atoms with van der Waals surface area (Å²) in [5, 5.41) is 16.6. The smallest absolute Gasteiger partial charge is 0.407 e. The number of benzene rings is 1. The highest BCUT2D eigenvalue weighted by atomic mass is 79.9. The number of nitrogens with one attached hydrogen (secondary N) is 2. The Morgan fingerprint density at radius 3 is 2.59 bits per heavy atom. The standard InChI is InChI=1S/C37H47BrN4O9/c1-21(2)49-30-18-29(26-14-15-28(48-3)32(38)33(26)40-30)50-25-17-27-34(44)41-37(35(45)46)19-22(37)10-6-4-5-7-11-23(16-31(43)42(27)20-25)39-36(47)51-24-12-8-9-13-24/h6,10,14-15,18,21-25,27H,4-5,7-9,11-13,16-17,19-20H2,1-3H3,(H,39,47)(H,41,44)(H,45,46)/b10-6-/t22-,23-,25+,27-,37+/m0/s1. The molecule has 276 valence electrons. The van der Waals surface area contributed by atoms with E-state index in [1.165, 1.54) is 4.90 Å². The number of pyridine rings is 1. The molecule has 3 heterocycles. The molecule has 3 fully saturated rings. The van der Waals surface area contributed by atoms with Crippen LogP contribution < -0.4 is 24.8 Å². The number of fused-ring (bicyclic) bond motifs is 3. The third-order valence-corrected chi connectivity index (χ3v) is 10.9.